The molecule has 0 bridgehead atoms. The molecule has 0 aliphatic carbocycles. The maximum Gasteiger partial charge on any atom is 0.308 e. The lowest BCUT2D eigenvalue weighted by molar-refractivity contribution is -0.142. The van der Waals surface area contributed by atoms with E-state index in [2.05, 4.69) is 0 Å². The molecule has 2 aliphatic heterocycles. The van der Waals surface area contributed by atoms with E-state index in [0.29, 0.717) is 18.5 Å². The van der Waals surface area contributed by atoms with E-state index >= 15 is 0 Å². The van der Waals surface area contributed by atoms with Gasteiger partial charge in [0.2, 0.25) is 5.91 Å². The molecule has 2 atom stereocenters. The highest BCUT2D eigenvalue weighted by Crippen LogP contribution is 2.31. The lowest BCUT2D eigenvalue weighted by atomic mass is 9.99. The Morgan fingerprint density at radius 2 is 2.00 bits per heavy atom. The van der Waals surface area contributed by atoms with Crippen molar-refractivity contribution in [2.75, 3.05) is 18.0 Å². The van der Waals surface area contributed by atoms with Crippen molar-refractivity contribution in [2.24, 2.45) is 11.8 Å². The van der Waals surface area contributed by atoms with E-state index in [1.165, 1.54) is 11.2 Å². The predicted molar refractivity (Wildman–Crippen MR) is 96.2 cm³/mol. The Morgan fingerprint density at radius 1 is 1.22 bits per heavy atom. The Labute approximate surface area is 156 Å². The first-order valence-electron chi connectivity index (χ1n) is 8.92. The SMILES string of the molecule is C[C@@H]1CN(C(=O)c2occc2CN2C(=O)Cc3ccccc32)C[C@H]1C(=O)O. The summed E-state index contributed by atoms with van der Waals surface area (Å²) in [7, 11) is 0. The van der Waals surface area contributed by atoms with Crippen LogP contribution in [0.25, 0.3) is 0 Å². The van der Waals surface area contributed by atoms with Crippen molar-refractivity contribution in [2.45, 2.75) is 19.9 Å². The van der Waals surface area contributed by atoms with Crippen LogP contribution in [0.1, 0.15) is 28.6 Å². The van der Waals surface area contributed by atoms with Gasteiger partial charge in [-0.05, 0) is 23.6 Å². The Bertz CT molecular complexity index is 919. The topological polar surface area (TPSA) is 91.1 Å². The maximum absolute atomic E-state index is 12.9. The molecule has 1 aromatic carbocycles. The maximum atomic E-state index is 12.9. The van der Waals surface area contributed by atoms with E-state index in [4.69, 9.17) is 4.42 Å². The Hall–Kier alpha value is -3.09. The fourth-order valence-corrected chi connectivity index (χ4v) is 3.91. The molecule has 2 aliphatic rings. The normalized spacial score (nSPS) is 21.6. The van der Waals surface area contributed by atoms with Gasteiger partial charge >= 0.3 is 5.97 Å². The average molecular weight is 368 g/mol. The van der Waals surface area contributed by atoms with Gasteiger partial charge in [0.1, 0.15) is 0 Å². The van der Waals surface area contributed by atoms with Crippen LogP contribution in [0.4, 0.5) is 5.69 Å². The standard InChI is InChI=1S/C20H20N2O5/c1-12-9-21(11-15(12)20(25)26)19(24)18-14(6-7-27-18)10-22-16-5-3-2-4-13(16)8-17(22)23/h2-7,12,15H,8-11H2,1H3,(H,25,26)/t12-,15-/m1/s1. The average Bonchev–Trinajstić information content (AvgIpc) is 3.33. The number of likely N-dealkylation sites (tertiary alicyclic amines) is 1. The molecule has 4 rings (SSSR count). The monoisotopic (exact) mass is 368 g/mol. The van der Waals surface area contributed by atoms with Crippen LogP contribution in [-0.2, 0) is 22.6 Å². The third kappa shape index (κ3) is 2.99. The molecule has 1 fully saturated rings. The number of carboxylic acid groups (broad SMARTS) is 1. The molecule has 1 saturated heterocycles. The number of anilines is 1. The van der Waals surface area contributed by atoms with E-state index in [1.54, 1.807) is 11.0 Å². The Morgan fingerprint density at radius 3 is 2.74 bits per heavy atom. The van der Waals surface area contributed by atoms with Gasteiger partial charge in [0.25, 0.3) is 5.91 Å². The quantitative estimate of drug-likeness (QED) is 0.893. The van der Waals surface area contributed by atoms with Gasteiger partial charge < -0.3 is 19.3 Å². The second-order valence-electron chi connectivity index (χ2n) is 7.19. The van der Waals surface area contributed by atoms with Crippen molar-refractivity contribution < 1.29 is 23.9 Å². The second-order valence-corrected chi connectivity index (χ2v) is 7.19. The zero-order valence-electron chi connectivity index (χ0n) is 14.9. The number of hydrogen-bond acceptors (Lipinski definition) is 4. The highest BCUT2D eigenvalue weighted by Gasteiger charge is 2.39. The van der Waals surface area contributed by atoms with E-state index in [1.807, 2.05) is 31.2 Å². The molecule has 3 heterocycles. The number of fused-ring (bicyclic) bond motifs is 1. The minimum absolute atomic E-state index is 0.0171. The summed E-state index contributed by atoms with van der Waals surface area (Å²) in [6.07, 6.45) is 1.78. The summed E-state index contributed by atoms with van der Waals surface area (Å²) in [5, 5.41) is 9.27. The molecule has 2 amide bonds. The summed E-state index contributed by atoms with van der Waals surface area (Å²) < 4.78 is 5.43. The lowest BCUT2D eigenvalue weighted by Gasteiger charge is -2.19. The molecular formula is C20H20N2O5. The molecular weight excluding hydrogens is 348 g/mol. The molecule has 27 heavy (non-hydrogen) atoms. The number of hydrogen-bond donors (Lipinski definition) is 1. The smallest absolute Gasteiger partial charge is 0.308 e. The fraction of sp³-hybridized carbons (Fsp3) is 0.350. The number of carbonyl (C=O) groups excluding carboxylic acids is 2. The minimum Gasteiger partial charge on any atom is -0.481 e. The number of carboxylic acids is 1. The molecule has 0 unspecified atom stereocenters. The number of amides is 2. The van der Waals surface area contributed by atoms with Crippen LogP contribution in [-0.4, -0.2) is 40.9 Å². The van der Waals surface area contributed by atoms with Crippen LogP contribution >= 0.6 is 0 Å². The van der Waals surface area contributed by atoms with Gasteiger partial charge in [-0.1, -0.05) is 25.1 Å². The van der Waals surface area contributed by atoms with Gasteiger partial charge in [0.15, 0.2) is 5.76 Å². The molecule has 140 valence electrons. The van der Waals surface area contributed by atoms with Gasteiger partial charge in [0.05, 0.1) is 25.1 Å². The minimum atomic E-state index is -0.892. The summed E-state index contributed by atoms with van der Waals surface area (Å²) in [6.45, 7) is 2.62. The van der Waals surface area contributed by atoms with E-state index in [0.717, 1.165) is 11.3 Å². The third-order valence-electron chi connectivity index (χ3n) is 5.41. The van der Waals surface area contributed by atoms with Crippen LogP contribution in [0.5, 0.6) is 0 Å². The predicted octanol–water partition coefficient (Wildman–Crippen LogP) is 2.16. The summed E-state index contributed by atoms with van der Waals surface area (Å²) in [6, 6.07) is 9.28. The van der Waals surface area contributed by atoms with Crippen molar-refractivity contribution in [1.29, 1.82) is 0 Å². The van der Waals surface area contributed by atoms with Crippen LogP contribution in [0.3, 0.4) is 0 Å². The number of para-hydroxylation sites is 1. The number of nitrogens with zero attached hydrogens (tertiary/aromatic N) is 2. The Kier molecular flexibility index (Phi) is 4.22. The summed E-state index contributed by atoms with van der Waals surface area (Å²) in [5.41, 5.74) is 2.44. The Balaban J connectivity index is 1.55. The first kappa shape index (κ1) is 17.3. The van der Waals surface area contributed by atoms with Gasteiger partial charge in [-0.3, -0.25) is 14.4 Å². The van der Waals surface area contributed by atoms with Gasteiger partial charge in [-0.2, -0.15) is 0 Å². The fourth-order valence-electron chi connectivity index (χ4n) is 3.91. The van der Waals surface area contributed by atoms with Gasteiger partial charge in [-0.25, -0.2) is 0 Å². The van der Waals surface area contributed by atoms with E-state index in [-0.39, 0.29) is 36.6 Å². The zero-order valence-corrected chi connectivity index (χ0v) is 14.9. The van der Waals surface area contributed by atoms with Crippen LogP contribution in [0, 0.1) is 11.8 Å². The molecule has 0 spiro atoms. The molecule has 1 N–H and O–H groups in total. The number of furan rings is 1. The largest absolute Gasteiger partial charge is 0.481 e. The lowest BCUT2D eigenvalue weighted by Crippen LogP contribution is -2.31. The van der Waals surface area contributed by atoms with Crippen molar-refractivity contribution in [3.8, 4) is 0 Å². The molecule has 0 radical (unpaired) electrons. The van der Waals surface area contributed by atoms with Crippen molar-refractivity contribution >= 4 is 23.5 Å². The summed E-state index contributed by atoms with van der Waals surface area (Å²) in [5.74, 6) is -1.75. The first-order valence-corrected chi connectivity index (χ1v) is 8.92. The zero-order chi connectivity index (χ0) is 19.1. The third-order valence-corrected chi connectivity index (χ3v) is 5.41. The molecule has 7 nitrogen and oxygen atoms in total. The van der Waals surface area contributed by atoms with Crippen LogP contribution in [0.2, 0.25) is 0 Å². The second kappa shape index (κ2) is 6.57. The number of aliphatic carboxylic acids is 1. The summed E-state index contributed by atoms with van der Waals surface area (Å²) in [4.78, 5) is 39.8. The van der Waals surface area contributed by atoms with E-state index < -0.39 is 11.9 Å². The molecule has 0 saturated carbocycles. The number of benzene rings is 1. The highest BCUT2D eigenvalue weighted by molar-refractivity contribution is 6.01. The van der Waals surface area contributed by atoms with Gasteiger partial charge in [-0.15, -0.1) is 0 Å². The number of carbonyl (C=O) groups is 3. The number of rotatable bonds is 4. The highest BCUT2D eigenvalue weighted by atomic mass is 16.4. The molecule has 7 heteroatoms. The van der Waals surface area contributed by atoms with Crippen molar-refractivity contribution in [3.63, 3.8) is 0 Å². The molecule has 2 aromatic rings. The summed E-state index contributed by atoms with van der Waals surface area (Å²) >= 11 is 0. The first-order chi connectivity index (χ1) is 13.0. The van der Waals surface area contributed by atoms with Gasteiger partial charge in [0, 0.05) is 24.3 Å². The van der Waals surface area contributed by atoms with E-state index in [9.17, 15) is 19.5 Å². The van der Waals surface area contributed by atoms with Crippen molar-refractivity contribution in [1.82, 2.24) is 4.90 Å². The van der Waals surface area contributed by atoms with Crippen LogP contribution in [0.15, 0.2) is 41.0 Å². The van der Waals surface area contributed by atoms with Crippen LogP contribution < -0.4 is 4.90 Å². The molecule has 1 aromatic heterocycles. The van der Waals surface area contributed by atoms with Crippen molar-refractivity contribution in [3.05, 3.63) is 53.5 Å².